The summed E-state index contributed by atoms with van der Waals surface area (Å²) in [5, 5.41) is 12.9. The van der Waals surface area contributed by atoms with Gasteiger partial charge in [0.15, 0.2) is 11.6 Å². The first-order valence-corrected chi connectivity index (χ1v) is 5.78. The van der Waals surface area contributed by atoms with Crippen LogP contribution in [0.5, 0.6) is 5.75 Å². The monoisotopic (exact) mass is 273 g/mol. The van der Waals surface area contributed by atoms with Gasteiger partial charge in [-0.2, -0.15) is 0 Å². The van der Waals surface area contributed by atoms with Crippen molar-refractivity contribution in [3.8, 4) is 5.75 Å². The minimum absolute atomic E-state index is 0.203. The molecule has 0 bridgehead atoms. The summed E-state index contributed by atoms with van der Waals surface area (Å²) >= 11 is 3.42. The van der Waals surface area contributed by atoms with Crippen LogP contribution >= 0.6 is 15.9 Å². The number of hydrogen-bond acceptors (Lipinski definition) is 2. The highest BCUT2D eigenvalue weighted by Gasteiger charge is 2.25. The van der Waals surface area contributed by atoms with Gasteiger partial charge in [0.2, 0.25) is 0 Å². The highest BCUT2D eigenvalue weighted by molar-refractivity contribution is 9.10. The number of rotatable bonds is 1. The predicted molar refractivity (Wildman–Crippen MR) is 60.7 cm³/mol. The molecule has 2 nitrogen and oxygen atoms in total. The number of hydrogen-bond donors (Lipinski definition) is 2. The summed E-state index contributed by atoms with van der Waals surface area (Å²) in [7, 11) is 0. The van der Waals surface area contributed by atoms with Crippen LogP contribution in [0, 0.1) is 12.7 Å². The Balaban J connectivity index is 2.52. The fourth-order valence-corrected chi connectivity index (χ4v) is 2.67. The van der Waals surface area contributed by atoms with E-state index in [1.165, 1.54) is 6.07 Å². The van der Waals surface area contributed by atoms with Crippen molar-refractivity contribution in [1.82, 2.24) is 5.32 Å². The Labute approximate surface area is 96.6 Å². The van der Waals surface area contributed by atoms with Crippen LogP contribution in [0.3, 0.4) is 0 Å². The van der Waals surface area contributed by atoms with Gasteiger partial charge in [-0.25, -0.2) is 4.39 Å². The third kappa shape index (κ3) is 1.88. The van der Waals surface area contributed by atoms with Gasteiger partial charge in [-0.05, 0) is 31.5 Å². The van der Waals surface area contributed by atoms with Gasteiger partial charge in [-0.3, -0.25) is 0 Å². The molecule has 0 aliphatic carbocycles. The number of nitrogens with one attached hydrogen (secondary N) is 1. The summed E-state index contributed by atoms with van der Waals surface area (Å²) in [4.78, 5) is 0. The van der Waals surface area contributed by atoms with Crippen molar-refractivity contribution in [1.29, 1.82) is 0 Å². The van der Waals surface area contributed by atoms with Gasteiger partial charge in [-0.1, -0.05) is 15.9 Å². The Kier molecular flexibility index (Phi) is 2.98. The molecular formula is C11H13BrFNO. The Morgan fingerprint density at radius 1 is 1.60 bits per heavy atom. The Morgan fingerprint density at radius 3 is 2.93 bits per heavy atom. The van der Waals surface area contributed by atoms with E-state index < -0.39 is 5.82 Å². The second-order valence-corrected chi connectivity index (χ2v) is 4.73. The zero-order valence-electron chi connectivity index (χ0n) is 8.48. The first kappa shape index (κ1) is 10.9. The standard InChI is InChI=1S/C11H13BrFNO/c1-6-4-8(13)11(15)9(10(6)12)7-2-3-14-5-7/h4,7,14-15H,2-3,5H2,1H3. The number of aromatic hydroxyl groups is 1. The third-order valence-corrected chi connectivity index (χ3v) is 3.93. The molecule has 1 atom stereocenters. The lowest BCUT2D eigenvalue weighted by molar-refractivity contribution is 0.420. The zero-order chi connectivity index (χ0) is 11.0. The summed E-state index contributed by atoms with van der Waals surface area (Å²) in [6, 6.07) is 1.35. The molecular weight excluding hydrogens is 261 g/mol. The van der Waals surface area contributed by atoms with E-state index in [-0.39, 0.29) is 11.7 Å². The van der Waals surface area contributed by atoms with Crippen molar-refractivity contribution in [2.75, 3.05) is 13.1 Å². The van der Waals surface area contributed by atoms with Crippen molar-refractivity contribution < 1.29 is 9.50 Å². The third-order valence-electron chi connectivity index (χ3n) is 2.88. The van der Waals surface area contributed by atoms with E-state index in [0.29, 0.717) is 5.56 Å². The molecule has 1 aromatic rings. The highest BCUT2D eigenvalue weighted by Crippen LogP contribution is 2.39. The molecule has 2 N–H and O–H groups in total. The molecule has 0 spiro atoms. The van der Waals surface area contributed by atoms with E-state index >= 15 is 0 Å². The minimum atomic E-state index is -0.530. The van der Waals surface area contributed by atoms with Crippen molar-refractivity contribution in [3.63, 3.8) is 0 Å². The van der Waals surface area contributed by atoms with E-state index in [9.17, 15) is 9.50 Å². The van der Waals surface area contributed by atoms with Crippen LogP contribution in [-0.4, -0.2) is 18.2 Å². The first-order chi connectivity index (χ1) is 7.11. The van der Waals surface area contributed by atoms with Crippen molar-refractivity contribution >= 4 is 15.9 Å². The molecule has 1 fully saturated rings. The van der Waals surface area contributed by atoms with Crippen LogP contribution in [0.25, 0.3) is 0 Å². The molecule has 0 radical (unpaired) electrons. The Hall–Kier alpha value is -0.610. The summed E-state index contributed by atoms with van der Waals surface area (Å²) in [6.45, 7) is 3.56. The predicted octanol–water partition coefficient (Wildman–Crippen LogP) is 2.68. The maximum atomic E-state index is 13.4. The molecule has 1 saturated heterocycles. The fourth-order valence-electron chi connectivity index (χ4n) is 2.04. The molecule has 0 amide bonds. The molecule has 1 aliphatic rings. The second kappa shape index (κ2) is 4.10. The molecule has 0 saturated carbocycles. The lowest BCUT2D eigenvalue weighted by Gasteiger charge is -2.15. The normalized spacial score (nSPS) is 20.9. The Morgan fingerprint density at radius 2 is 2.33 bits per heavy atom. The topological polar surface area (TPSA) is 32.3 Å². The van der Waals surface area contributed by atoms with Gasteiger partial charge in [0.05, 0.1) is 0 Å². The number of aryl methyl sites for hydroxylation is 1. The van der Waals surface area contributed by atoms with Crippen molar-refractivity contribution in [2.45, 2.75) is 19.3 Å². The maximum absolute atomic E-state index is 13.4. The van der Waals surface area contributed by atoms with E-state index in [4.69, 9.17) is 0 Å². The average molecular weight is 274 g/mol. The largest absolute Gasteiger partial charge is 0.505 e. The van der Waals surface area contributed by atoms with Gasteiger partial charge in [0.1, 0.15) is 0 Å². The minimum Gasteiger partial charge on any atom is -0.505 e. The molecule has 1 unspecified atom stereocenters. The summed E-state index contributed by atoms with van der Waals surface area (Å²) in [5.41, 5.74) is 1.53. The SMILES string of the molecule is Cc1cc(F)c(O)c(C2CCNC2)c1Br. The Bertz CT molecular complexity index is 362. The first-order valence-electron chi connectivity index (χ1n) is 4.99. The lowest BCUT2D eigenvalue weighted by Crippen LogP contribution is -2.09. The molecule has 1 aliphatic heterocycles. The van der Waals surface area contributed by atoms with Gasteiger partial charge < -0.3 is 10.4 Å². The molecule has 0 aromatic heterocycles. The van der Waals surface area contributed by atoms with Crippen molar-refractivity contribution in [2.24, 2.45) is 0 Å². The smallest absolute Gasteiger partial charge is 0.165 e. The fraction of sp³-hybridized carbons (Fsp3) is 0.455. The van der Waals surface area contributed by atoms with Crippen LogP contribution in [-0.2, 0) is 0 Å². The zero-order valence-corrected chi connectivity index (χ0v) is 10.1. The summed E-state index contributed by atoms with van der Waals surface area (Å²) in [6.07, 6.45) is 0.940. The van der Waals surface area contributed by atoms with Crippen LogP contribution in [0.4, 0.5) is 4.39 Å². The van der Waals surface area contributed by atoms with E-state index in [2.05, 4.69) is 21.2 Å². The molecule has 2 rings (SSSR count). The van der Waals surface area contributed by atoms with Crippen LogP contribution in [0.2, 0.25) is 0 Å². The maximum Gasteiger partial charge on any atom is 0.165 e. The van der Waals surface area contributed by atoms with Crippen molar-refractivity contribution in [3.05, 3.63) is 27.5 Å². The van der Waals surface area contributed by atoms with Crippen LogP contribution in [0.1, 0.15) is 23.5 Å². The van der Waals surface area contributed by atoms with E-state index in [0.717, 1.165) is 29.5 Å². The summed E-state index contributed by atoms with van der Waals surface area (Å²) in [5.74, 6) is -0.535. The molecule has 15 heavy (non-hydrogen) atoms. The van der Waals surface area contributed by atoms with Gasteiger partial charge in [-0.15, -0.1) is 0 Å². The number of phenolic OH excluding ortho intramolecular Hbond substituents is 1. The van der Waals surface area contributed by atoms with Gasteiger partial charge in [0.25, 0.3) is 0 Å². The van der Waals surface area contributed by atoms with Gasteiger partial charge in [0, 0.05) is 22.5 Å². The number of benzene rings is 1. The van der Waals surface area contributed by atoms with Gasteiger partial charge >= 0.3 is 0 Å². The number of phenols is 1. The molecule has 1 aromatic carbocycles. The van der Waals surface area contributed by atoms with Crippen LogP contribution in [0.15, 0.2) is 10.5 Å². The number of halogens is 2. The quantitative estimate of drug-likeness (QED) is 0.825. The average Bonchev–Trinajstić information content (AvgIpc) is 2.69. The highest BCUT2D eigenvalue weighted by atomic mass is 79.9. The molecule has 82 valence electrons. The summed E-state index contributed by atoms with van der Waals surface area (Å²) < 4.78 is 14.2. The van der Waals surface area contributed by atoms with Crippen LogP contribution < -0.4 is 5.32 Å². The molecule has 1 heterocycles. The van der Waals surface area contributed by atoms with E-state index in [1.807, 2.05) is 6.92 Å². The molecule has 4 heteroatoms. The van der Waals surface area contributed by atoms with E-state index in [1.54, 1.807) is 0 Å². The second-order valence-electron chi connectivity index (χ2n) is 3.94. The lowest BCUT2D eigenvalue weighted by atomic mass is 9.95.